The lowest BCUT2D eigenvalue weighted by molar-refractivity contribution is 0.698. The molecule has 0 fully saturated rings. The Bertz CT molecular complexity index is 695. The topological polar surface area (TPSA) is 98.1 Å². The third-order valence-electron chi connectivity index (χ3n) is 3.14. The zero-order valence-electron chi connectivity index (χ0n) is 11.5. The Hall–Kier alpha value is -2.61. The Kier molecular flexibility index (Phi) is 3.97. The molecule has 8 nitrogen and oxygen atoms in total. The van der Waals surface area contributed by atoms with Crippen LogP contribution in [-0.2, 0) is 6.54 Å². The van der Waals surface area contributed by atoms with Gasteiger partial charge in [0.2, 0.25) is 0 Å². The van der Waals surface area contributed by atoms with Crippen molar-refractivity contribution < 1.29 is 0 Å². The predicted octanol–water partition coefficient (Wildman–Crippen LogP) is 0.270. The third kappa shape index (κ3) is 2.95. The molecule has 2 N–H and O–H groups in total. The molecule has 0 bridgehead atoms. The quantitative estimate of drug-likeness (QED) is 0.693. The van der Waals surface area contributed by atoms with Gasteiger partial charge in [0.15, 0.2) is 11.5 Å². The molecule has 108 valence electrons. The van der Waals surface area contributed by atoms with Crippen molar-refractivity contribution in [3.05, 3.63) is 42.5 Å². The number of nitrogens with zero attached hydrogens (tertiary/aromatic N) is 7. The van der Waals surface area contributed by atoms with Crippen molar-refractivity contribution in [1.29, 1.82) is 0 Å². The van der Waals surface area contributed by atoms with Crippen LogP contribution in [0.4, 0.5) is 5.82 Å². The Morgan fingerprint density at radius 1 is 1.19 bits per heavy atom. The molecule has 0 aliphatic rings. The minimum atomic E-state index is 0.622. The van der Waals surface area contributed by atoms with Crippen LogP contribution in [0.15, 0.2) is 36.9 Å². The zero-order chi connectivity index (χ0) is 14.5. The monoisotopic (exact) mass is 284 g/mol. The maximum atomic E-state index is 5.64. The van der Waals surface area contributed by atoms with Crippen LogP contribution in [0.25, 0.3) is 5.65 Å². The van der Waals surface area contributed by atoms with Crippen molar-refractivity contribution >= 4 is 11.5 Å². The van der Waals surface area contributed by atoms with Crippen molar-refractivity contribution in [3.63, 3.8) is 0 Å². The fourth-order valence-electron chi connectivity index (χ4n) is 2.15. The minimum Gasteiger partial charge on any atom is -0.351 e. The standard InChI is InChI=1S/C13H16N8/c14-4-2-6-20(10-11-3-1-5-15-7-11)13-9-16-8-12-17-18-19-21(12)13/h1,3,5,7-9H,2,4,6,10,14H2. The molecule has 0 atom stereocenters. The molecular weight excluding hydrogens is 268 g/mol. The lowest BCUT2D eigenvalue weighted by Crippen LogP contribution is -2.28. The molecule has 3 aromatic rings. The third-order valence-corrected chi connectivity index (χ3v) is 3.14. The van der Waals surface area contributed by atoms with Crippen molar-refractivity contribution in [3.8, 4) is 0 Å². The summed E-state index contributed by atoms with van der Waals surface area (Å²) < 4.78 is 1.68. The highest BCUT2D eigenvalue weighted by Gasteiger charge is 2.13. The number of hydrogen-bond donors (Lipinski definition) is 1. The van der Waals surface area contributed by atoms with E-state index in [1.165, 1.54) is 0 Å². The highest BCUT2D eigenvalue weighted by Crippen LogP contribution is 2.16. The van der Waals surface area contributed by atoms with Crippen molar-refractivity contribution in [2.45, 2.75) is 13.0 Å². The lowest BCUT2D eigenvalue weighted by atomic mass is 10.2. The Morgan fingerprint density at radius 3 is 2.95 bits per heavy atom. The molecule has 3 aromatic heterocycles. The maximum absolute atomic E-state index is 5.64. The van der Waals surface area contributed by atoms with E-state index in [0.717, 1.165) is 24.3 Å². The summed E-state index contributed by atoms with van der Waals surface area (Å²) in [5.41, 5.74) is 7.37. The van der Waals surface area contributed by atoms with Gasteiger partial charge in [0.1, 0.15) is 0 Å². The normalized spacial score (nSPS) is 10.9. The van der Waals surface area contributed by atoms with Gasteiger partial charge in [-0.3, -0.25) is 9.97 Å². The fraction of sp³-hybridized carbons (Fsp3) is 0.308. The second kappa shape index (κ2) is 6.23. The van der Waals surface area contributed by atoms with Gasteiger partial charge in [-0.1, -0.05) is 6.07 Å². The van der Waals surface area contributed by atoms with Crippen LogP contribution < -0.4 is 10.6 Å². The van der Waals surface area contributed by atoms with Gasteiger partial charge >= 0.3 is 0 Å². The van der Waals surface area contributed by atoms with Gasteiger partial charge in [0.25, 0.3) is 0 Å². The molecule has 0 spiro atoms. The number of hydrogen-bond acceptors (Lipinski definition) is 7. The number of pyridine rings is 1. The highest BCUT2D eigenvalue weighted by molar-refractivity contribution is 5.46. The van der Waals surface area contributed by atoms with Gasteiger partial charge in [0.05, 0.1) is 12.4 Å². The van der Waals surface area contributed by atoms with E-state index in [0.29, 0.717) is 18.7 Å². The second-order valence-corrected chi connectivity index (χ2v) is 4.64. The van der Waals surface area contributed by atoms with Gasteiger partial charge < -0.3 is 10.6 Å². The molecule has 3 heterocycles. The van der Waals surface area contributed by atoms with Crippen LogP contribution in [-0.4, -0.2) is 43.1 Å². The van der Waals surface area contributed by atoms with E-state index in [2.05, 4.69) is 30.4 Å². The Labute approximate surface area is 121 Å². The Balaban J connectivity index is 1.93. The number of aromatic nitrogens is 6. The van der Waals surface area contributed by atoms with E-state index >= 15 is 0 Å². The highest BCUT2D eigenvalue weighted by atomic mass is 15.5. The van der Waals surface area contributed by atoms with Gasteiger partial charge in [-0.05, 0) is 35.0 Å². The molecule has 0 radical (unpaired) electrons. The van der Waals surface area contributed by atoms with Crippen molar-refractivity contribution in [1.82, 2.24) is 30.0 Å². The predicted molar refractivity (Wildman–Crippen MR) is 77.5 cm³/mol. The summed E-state index contributed by atoms with van der Waals surface area (Å²) in [6, 6.07) is 3.96. The molecule has 3 rings (SSSR count). The number of anilines is 1. The molecule has 0 unspecified atom stereocenters. The van der Waals surface area contributed by atoms with E-state index in [1.807, 2.05) is 18.3 Å². The molecular formula is C13H16N8. The van der Waals surface area contributed by atoms with Crippen LogP contribution in [0.1, 0.15) is 12.0 Å². The molecule has 0 amide bonds. The van der Waals surface area contributed by atoms with Crippen molar-refractivity contribution in [2.75, 3.05) is 18.0 Å². The average Bonchev–Trinajstić information content (AvgIpc) is 3.01. The molecule has 0 saturated carbocycles. The Morgan fingerprint density at radius 2 is 2.14 bits per heavy atom. The first-order valence-corrected chi connectivity index (χ1v) is 6.74. The molecule has 0 saturated heterocycles. The van der Waals surface area contributed by atoms with Gasteiger partial charge in [-0.15, -0.1) is 5.10 Å². The zero-order valence-corrected chi connectivity index (χ0v) is 11.5. The first-order valence-electron chi connectivity index (χ1n) is 6.74. The van der Waals surface area contributed by atoms with E-state index in [9.17, 15) is 0 Å². The van der Waals surface area contributed by atoms with Crippen LogP contribution in [0.5, 0.6) is 0 Å². The number of tetrazole rings is 1. The van der Waals surface area contributed by atoms with Crippen molar-refractivity contribution in [2.24, 2.45) is 5.73 Å². The second-order valence-electron chi connectivity index (χ2n) is 4.64. The summed E-state index contributed by atoms with van der Waals surface area (Å²) in [5.74, 6) is 0.842. The van der Waals surface area contributed by atoms with E-state index in [-0.39, 0.29) is 0 Å². The van der Waals surface area contributed by atoms with Gasteiger partial charge in [0, 0.05) is 25.5 Å². The van der Waals surface area contributed by atoms with Gasteiger partial charge in [-0.2, -0.15) is 4.52 Å². The SMILES string of the molecule is NCCCN(Cc1cccnc1)c1cncc2nnnn12. The molecule has 0 aliphatic heterocycles. The van der Waals surface area contributed by atoms with Crippen LogP contribution >= 0.6 is 0 Å². The van der Waals surface area contributed by atoms with Crippen LogP contribution in [0.2, 0.25) is 0 Å². The largest absolute Gasteiger partial charge is 0.351 e. The number of fused-ring (bicyclic) bond motifs is 1. The molecule has 0 aliphatic carbocycles. The average molecular weight is 284 g/mol. The smallest absolute Gasteiger partial charge is 0.199 e. The minimum absolute atomic E-state index is 0.622. The van der Waals surface area contributed by atoms with E-state index in [4.69, 9.17) is 5.73 Å². The summed E-state index contributed by atoms with van der Waals surface area (Å²) in [6.45, 7) is 2.13. The van der Waals surface area contributed by atoms with Gasteiger partial charge in [-0.25, -0.2) is 0 Å². The van der Waals surface area contributed by atoms with Crippen LogP contribution in [0, 0.1) is 0 Å². The summed E-state index contributed by atoms with van der Waals surface area (Å²) >= 11 is 0. The summed E-state index contributed by atoms with van der Waals surface area (Å²) in [5, 5.41) is 11.6. The summed E-state index contributed by atoms with van der Waals surface area (Å²) in [6.07, 6.45) is 7.88. The lowest BCUT2D eigenvalue weighted by Gasteiger charge is -2.24. The fourth-order valence-corrected chi connectivity index (χ4v) is 2.15. The first kappa shape index (κ1) is 13.4. The number of nitrogens with two attached hydrogens (primary N) is 1. The van der Waals surface area contributed by atoms with Crippen LogP contribution in [0.3, 0.4) is 0 Å². The maximum Gasteiger partial charge on any atom is 0.199 e. The number of rotatable bonds is 6. The first-order chi connectivity index (χ1) is 10.4. The molecule has 8 heteroatoms. The summed E-state index contributed by atoms with van der Waals surface area (Å²) in [4.78, 5) is 10.5. The molecule has 0 aromatic carbocycles. The van der Waals surface area contributed by atoms with E-state index in [1.54, 1.807) is 23.1 Å². The molecule has 21 heavy (non-hydrogen) atoms. The summed E-state index contributed by atoms with van der Waals surface area (Å²) in [7, 11) is 0. The van der Waals surface area contributed by atoms with E-state index < -0.39 is 0 Å².